The van der Waals surface area contributed by atoms with Gasteiger partial charge in [-0.3, -0.25) is 9.59 Å². The number of hydrogen-bond acceptors (Lipinski definition) is 5. The second-order valence-electron chi connectivity index (χ2n) is 9.93. The predicted octanol–water partition coefficient (Wildman–Crippen LogP) is 2.61. The number of piperidine rings is 1. The number of nitrogens with one attached hydrogen (secondary N) is 2. The molecule has 1 amide bonds. The summed E-state index contributed by atoms with van der Waals surface area (Å²) in [6.07, 6.45) is 9.82. The topological polar surface area (TPSA) is 71.7 Å². The summed E-state index contributed by atoms with van der Waals surface area (Å²) in [7, 11) is 1.91. The number of likely N-dealkylation sites (tertiary alicyclic amines) is 1. The van der Waals surface area contributed by atoms with E-state index in [0.717, 1.165) is 52.8 Å². The number of amides is 1. The molecule has 4 aliphatic heterocycles. The molecular weight excluding hydrogens is 469 g/mol. The van der Waals surface area contributed by atoms with Gasteiger partial charge in [-0.2, -0.15) is 0 Å². The van der Waals surface area contributed by atoms with Gasteiger partial charge in [0, 0.05) is 54.6 Å². The van der Waals surface area contributed by atoms with Gasteiger partial charge in [-0.15, -0.1) is 0 Å². The molecule has 0 radical (unpaired) electrons. The fourth-order valence-electron chi connectivity index (χ4n) is 5.67. The zero-order valence-electron chi connectivity index (χ0n) is 20.9. The van der Waals surface area contributed by atoms with E-state index in [2.05, 4.69) is 20.1 Å². The van der Waals surface area contributed by atoms with Crippen LogP contribution in [0.5, 0.6) is 0 Å². The molecule has 5 aliphatic rings. The number of rotatable bonds is 5. The summed E-state index contributed by atoms with van der Waals surface area (Å²) in [5.41, 5.74) is 4.34. The predicted molar refractivity (Wildman–Crippen MR) is 145 cm³/mol. The summed E-state index contributed by atoms with van der Waals surface area (Å²) in [6, 6.07) is 10.3. The number of fused-ring (bicyclic) bond motifs is 2. The molecule has 0 bridgehead atoms. The van der Waals surface area contributed by atoms with Crippen LogP contribution in [-0.2, 0) is 4.79 Å². The lowest BCUT2D eigenvalue weighted by molar-refractivity contribution is -0.120. The first kappa shape index (κ1) is 23.5. The number of halogens is 1. The zero-order chi connectivity index (χ0) is 25.5. The third-order valence-electron chi connectivity index (χ3n) is 7.54. The highest BCUT2D eigenvalue weighted by Gasteiger charge is 2.28. The summed E-state index contributed by atoms with van der Waals surface area (Å²) < 4.78 is 13.6. The number of H-pyrrole nitrogens is 1. The number of anilines is 3. The van der Waals surface area contributed by atoms with Gasteiger partial charge < -0.3 is 25.0 Å². The minimum absolute atomic E-state index is 0.0357. The summed E-state index contributed by atoms with van der Waals surface area (Å²) in [5.74, 6) is -0.331. The number of aromatic amines is 1. The van der Waals surface area contributed by atoms with Crippen LogP contribution in [0.1, 0.15) is 25.7 Å². The van der Waals surface area contributed by atoms with Crippen LogP contribution in [0.3, 0.4) is 0 Å². The van der Waals surface area contributed by atoms with E-state index in [9.17, 15) is 14.0 Å². The zero-order valence-corrected chi connectivity index (χ0v) is 20.9. The Morgan fingerprint density at radius 2 is 1.84 bits per heavy atom. The van der Waals surface area contributed by atoms with E-state index < -0.39 is 0 Å². The van der Waals surface area contributed by atoms with Crippen LogP contribution in [-0.4, -0.2) is 49.0 Å². The molecule has 7 nitrogen and oxygen atoms in total. The van der Waals surface area contributed by atoms with Crippen molar-refractivity contribution >= 4 is 34.7 Å². The van der Waals surface area contributed by atoms with Crippen molar-refractivity contribution in [2.45, 2.75) is 25.7 Å². The molecule has 190 valence electrons. The van der Waals surface area contributed by atoms with E-state index in [0.29, 0.717) is 24.2 Å². The van der Waals surface area contributed by atoms with Gasteiger partial charge in [-0.1, -0.05) is 6.42 Å². The second kappa shape index (κ2) is 9.52. The molecule has 0 atom stereocenters. The minimum atomic E-state index is -0.295. The Hall–Kier alpha value is -3.91. The first-order chi connectivity index (χ1) is 18.0. The summed E-state index contributed by atoms with van der Waals surface area (Å²) in [6.45, 7) is 3.40. The van der Waals surface area contributed by atoms with E-state index in [1.807, 2.05) is 42.4 Å². The fraction of sp³-hybridized carbons (Fsp3) is 0.310. The maximum Gasteiger partial charge on any atom is 0.258 e. The van der Waals surface area contributed by atoms with E-state index in [-0.39, 0.29) is 17.3 Å². The number of carbonyl (C=O) groups is 1. The molecule has 0 saturated carbocycles. The quantitative estimate of drug-likeness (QED) is 0.565. The van der Waals surface area contributed by atoms with Gasteiger partial charge in [-0.25, -0.2) is 4.39 Å². The summed E-state index contributed by atoms with van der Waals surface area (Å²) >= 11 is 0. The van der Waals surface area contributed by atoms with E-state index in [1.54, 1.807) is 12.1 Å². The minimum Gasteiger partial charge on any atom is -0.350 e. The lowest BCUT2D eigenvalue weighted by atomic mass is 10.0. The molecule has 6 rings (SSSR count). The van der Waals surface area contributed by atoms with Crippen LogP contribution in [0, 0.1) is 5.82 Å². The van der Waals surface area contributed by atoms with Crippen LogP contribution in [0.2, 0.25) is 0 Å². The number of nitrogens with zero attached hydrogens (tertiary/aromatic N) is 3. The SMILES string of the molecule is CN1C=CC(NC(=O)CCN2CCCCC2)=c2ccc3c4c([nH]c(=O)c-4c21)=CCN3c1ccc(F)cc1. The van der Waals surface area contributed by atoms with E-state index >= 15 is 0 Å². The lowest BCUT2D eigenvalue weighted by Gasteiger charge is -2.27. The lowest BCUT2D eigenvalue weighted by Crippen LogP contribution is -2.36. The van der Waals surface area contributed by atoms with Crippen LogP contribution in [0.4, 0.5) is 21.5 Å². The molecule has 1 aliphatic carbocycles. The average Bonchev–Trinajstić information content (AvgIpc) is 3.11. The summed E-state index contributed by atoms with van der Waals surface area (Å²) in [5, 5.41) is 4.67. The van der Waals surface area contributed by atoms with Crippen LogP contribution in [0.25, 0.3) is 22.9 Å². The smallest absolute Gasteiger partial charge is 0.258 e. The van der Waals surface area contributed by atoms with Gasteiger partial charge in [0.25, 0.3) is 5.56 Å². The van der Waals surface area contributed by atoms with Crippen molar-refractivity contribution in [3.8, 4) is 11.1 Å². The average molecular weight is 500 g/mol. The molecular formula is C29H30FN5O2. The molecule has 1 aromatic rings. The number of hydrogen-bond donors (Lipinski definition) is 2. The fourth-order valence-corrected chi connectivity index (χ4v) is 5.67. The number of carbonyl (C=O) groups excluding carboxylic acids is 1. The summed E-state index contributed by atoms with van der Waals surface area (Å²) in [4.78, 5) is 35.6. The highest BCUT2D eigenvalue weighted by atomic mass is 19.1. The van der Waals surface area contributed by atoms with Gasteiger partial charge in [-0.05, 0) is 74.5 Å². The van der Waals surface area contributed by atoms with Crippen molar-refractivity contribution < 1.29 is 9.18 Å². The third-order valence-corrected chi connectivity index (χ3v) is 7.54. The standard InChI is InChI=1S/C29H30FN5O2/c1-33-16-11-22(31-25(36)13-17-34-14-3-2-4-15-34)21-9-10-24-26-23(32-29(37)27(26)28(21)33)12-18-35(24)20-7-5-19(30)6-8-20/h5-12,16H,2-4,13-15,17-18H2,1H3,(H,31,36)(H,32,37). The van der Waals surface area contributed by atoms with Gasteiger partial charge in [0.05, 0.1) is 22.6 Å². The monoisotopic (exact) mass is 499 g/mol. The van der Waals surface area contributed by atoms with E-state index in [4.69, 9.17) is 0 Å². The Morgan fingerprint density at radius 3 is 2.62 bits per heavy atom. The molecule has 8 heteroatoms. The molecule has 0 unspecified atom stereocenters. The number of aromatic nitrogens is 1. The van der Waals surface area contributed by atoms with Crippen molar-refractivity contribution in [3.05, 3.63) is 75.4 Å². The molecule has 1 fully saturated rings. The second-order valence-corrected chi connectivity index (χ2v) is 9.93. The largest absolute Gasteiger partial charge is 0.350 e. The first-order valence-electron chi connectivity index (χ1n) is 12.9. The Labute approximate surface area is 214 Å². The normalized spacial score (nSPS) is 17.1. The van der Waals surface area contributed by atoms with Crippen LogP contribution in [0.15, 0.2) is 53.5 Å². The van der Waals surface area contributed by atoms with Crippen molar-refractivity contribution in [1.82, 2.24) is 15.2 Å². The third kappa shape index (κ3) is 4.31. The molecule has 0 spiro atoms. The van der Waals surface area contributed by atoms with Crippen LogP contribution >= 0.6 is 0 Å². The molecule has 1 aromatic carbocycles. The molecule has 37 heavy (non-hydrogen) atoms. The Balaban J connectivity index is 1.42. The maximum atomic E-state index is 13.6. The van der Waals surface area contributed by atoms with Crippen molar-refractivity contribution in [2.24, 2.45) is 0 Å². The van der Waals surface area contributed by atoms with Gasteiger partial charge in [0.2, 0.25) is 5.91 Å². The van der Waals surface area contributed by atoms with Crippen LogP contribution < -0.4 is 31.2 Å². The van der Waals surface area contributed by atoms with Crippen molar-refractivity contribution in [3.63, 3.8) is 0 Å². The molecule has 4 heterocycles. The maximum absolute atomic E-state index is 13.6. The van der Waals surface area contributed by atoms with E-state index in [1.165, 1.54) is 31.4 Å². The Kier molecular flexibility index (Phi) is 6.04. The number of benzene rings is 1. The van der Waals surface area contributed by atoms with Gasteiger partial charge in [0.15, 0.2) is 0 Å². The molecule has 1 saturated heterocycles. The Bertz CT molecular complexity index is 1540. The highest BCUT2D eigenvalue weighted by molar-refractivity contribution is 5.95. The Morgan fingerprint density at radius 1 is 1.05 bits per heavy atom. The van der Waals surface area contributed by atoms with Crippen molar-refractivity contribution in [2.75, 3.05) is 43.0 Å². The first-order valence-corrected chi connectivity index (χ1v) is 12.9. The highest BCUT2D eigenvalue weighted by Crippen LogP contribution is 2.37. The van der Waals surface area contributed by atoms with Crippen molar-refractivity contribution in [1.29, 1.82) is 0 Å². The van der Waals surface area contributed by atoms with Gasteiger partial charge >= 0.3 is 0 Å². The van der Waals surface area contributed by atoms with Gasteiger partial charge in [0.1, 0.15) is 5.82 Å². The molecule has 0 aromatic heterocycles. The molecule has 2 N–H and O–H groups in total.